The molecular weight excluding hydrogens is 394 g/mol. The van der Waals surface area contributed by atoms with Gasteiger partial charge in [0.15, 0.2) is 0 Å². The highest BCUT2D eigenvalue weighted by Crippen LogP contribution is 2.30. The van der Waals surface area contributed by atoms with Gasteiger partial charge in [-0.2, -0.15) is 0 Å². The minimum Gasteiger partial charge on any atom is -0.344 e. The first kappa shape index (κ1) is 18.2. The Bertz CT molecular complexity index is 1040. The maximum absolute atomic E-state index is 12.7. The molecule has 136 valence electrons. The number of thiophene rings is 2. The topological polar surface area (TPSA) is 54.9 Å². The summed E-state index contributed by atoms with van der Waals surface area (Å²) >= 11 is 4.70. The van der Waals surface area contributed by atoms with Crippen LogP contribution in [-0.4, -0.2) is 21.6 Å². The molecule has 4 rings (SSSR count). The molecule has 3 aromatic heterocycles. The summed E-state index contributed by atoms with van der Waals surface area (Å²) in [6, 6.07) is 14.2. The van der Waals surface area contributed by atoms with Crippen LogP contribution in [0.5, 0.6) is 0 Å². The van der Waals surface area contributed by atoms with Crippen LogP contribution in [0.4, 0.5) is 0 Å². The van der Waals surface area contributed by atoms with Crippen LogP contribution in [0.1, 0.15) is 22.0 Å². The number of thioether (sulfide) groups is 1. The molecule has 1 atom stereocenters. The minimum atomic E-state index is -0.133. The van der Waals surface area contributed by atoms with Crippen LogP contribution in [0.3, 0.4) is 0 Å². The van der Waals surface area contributed by atoms with Crippen LogP contribution in [0.2, 0.25) is 0 Å². The quantitative estimate of drug-likeness (QED) is 0.356. The fourth-order valence-electron chi connectivity index (χ4n) is 2.74. The van der Waals surface area contributed by atoms with E-state index in [4.69, 9.17) is 0 Å². The summed E-state index contributed by atoms with van der Waals surface area (Å²) in [6.45, 7) is 2.06. The van der Waals surface area contributed by atoms with E-state index in [1.165, 1.54) is 17.3 Å². The molecule has 3 heterocycles. The fraction of sp³-hybridized carbons (Fsp3) is 0.150. The smallest absolute Gasteiger partial charge is 0.231 e. The van der Waals surface area contributed by atoms with Gasteiger partial charge in [-0.3, -0.25) is 4.79 Å². The number of aromatic nitrogens is 2. The fourth-order valence-corrected chi connectivity index (χ4v) is 5.30. The van der Waals surface area contributed by atoms with Gasteiger partial charge in [-0.25, -0.2) is 9.97 Å². The van der Waals surface area contributed by atoms with E-state index in [1.54, 1.807) is 29.0 Å². The van der Waals surface area contributed by atoms with Crippen molar-refractivity contribution in [3.05, 3.63) is 75.6 Å². The van der Waals surface area contributed by atoms with Gasteiger partial charge in [0, 0.05) is 4.88 Å². The highest BCUT2D eigenvalue weighted by atomic mass is 32.2. The highest BCUT2D eigenvalue weighted by Gasteiger charge is 2.18. The lowest BCUT2D eigenvalue weighted by Crippen LogP contribution is -2.30. The standard InChI is InChI=1S/C20H17N3OS3/c1-13-4-6-14(7-5-13)18(16-3-2-9-25-16)23-17(24)11-27-20-19-15(8-10-26-19)21-12-22-20/h2-10,12,18H,11H2,1H3,(H,23,24). The van der Waals surface area contributed by atoms with Crippen molar-refractivity contribution in [2.75, 3.05) is 5.75 Å². The Morgan fingerprint density at radius 2 is 1.96 bits per heavy atom. The second-order valence-corrected chi connectivity index (χ2v) is 8.89. The van der Waals surface area contributed by atoms with Gasteiger partial charge in [-0.1, -0.05) is 47.7 Å². The van der Waals surface area contributed by atoms with Crippen LogP contribution in [-0.2, 0) is 4.79 Å². The number of fused-ring (bicyclic) bond motifs is 1. The molecule has 0 fully saturated rings. The molecule has 1 unspecified atom stereocenters. The average molecular weight is 412 g/mol. The summed E-state index contributed by atoms with van der Waals surface area (Å²) in [5, 5.41) is 8.06. The Kier molecular flexibility index (Phi) is 5.52. The zero-order valence-corrected chi connectivity index (χ0v) is 17.0. The molecule has 0 aliphatic carbocycles. The number of rotatable bonds is 6. The van der Waals surface area contributed by atoms with Gasteiger partial charge in [0.25, 0.3) is 0 Å². The van der Waals surface area contributed by atoms with Gasteiger partial charge in [-0.05, 0) is 35.4 Å². The third kappa shape index (κ3) is 4.21. The lowest BCUT2D eigenvalue weighted by atomic mass is 10.0. The number of hydrogen-bond donors (Lipinski definition) is 1. The van der Waals surface area contributed by atoms with E-state index >= 15 is 0 Å². The van der Waals surface area contributed by atoms with Crippen molar-refractivity contribution in [2.24, 2.45) is 0 Å². The molecule has 0 saturated carbocycles. The van der Waals surface area contributed by atoms with E-state index in [0.717, 1.165) is 25.7 Å². The zero-order chi connectivity index (χ0) is 18.6. The van der Waals surface area contributed by atoms with E-state index in [2.05, 4.69) is 52.5 Å². The van der Waals surface area contributed by atoms with Crippen molar-refractivity contribution >= 4 is 50.6 Å². The maximum atomic E-state index is 12.7. The number of carbonyl (C=O) groups excluding carboxylic acids is 1. The van der Waals surface area contributed by atoms with Gasteiger partial charge in [0.05, 0.1) is 22.0 Å². The molecule has 7 heteroatoms. The number of nitrogens with zero attached hydrogens (tertiary/aromatic N) is 2. The van der Waals surface area contributed by atoms with Crippen LogP contribution < -0.4 is 5.32 Å². The molecule has 0 radical (unpaired) electrons. The van der Waals surface area contributed by atoms with Crippen LogP contribution in [0.15, 0.2) is 64.6 Å². The number of benzene rings is 1. The Morgan fingerprint density at radius 1 is 1.11 bits per heavy atom. The van der Waals surface area contributed by atoms with Crippen molar-refractivity contribution < 1.29 is 4.79 Å². The van der Waals surface area contributed by atoms with E-state index < -0.39 is 0 Å². The molecule has 0 spiro atoms. The first-order valence-corrected chi connectivity index (χ1v) is 11.2. The Morgan fingerprint density at radius 3 is 2.74 bits per heavy atom. The van der Waals surface area contributed by atoms with Crippen molar-refractivity contribution in [3.8, 4) is 0 Å². The normalized spacial score (nSPS) is 12.2. The third-order valence-electron chi connectivity index (χ3n) is 4.09. The molecule has 0 aliphatic heterocycles. The molecule has 0 saturated heterocycles. The molecular formula is C20H17N3OS3. The predicted octanol–water partition coefficient (Wildman–Crippen LogP) is 5.06. The molecule has 4 nitrogen and oxygen atoms in total. The molecule has 27 heavy (non-hydrogen) atoms. The Labute approximate surface area is 169 Å². The molecule has 0 bridgehead atoms. The summed E-state index contributed by atoms with van der Waals surface area (Å²) in [7, 11) is 0. The second kappa shape index (κ2) is 8.21. The molecule has 4 aromatic rings. The monoisotopic (exact) mass is 411 g/mol. The Hall–Kier alpha value is -2.22. The van der Waals surface area contributed by atoms with Gasteiger partial charge in [-0.15, -0.1) is 22.7 Å². The van der Waals surface area contributed by atoms with E-state index in [0.29, 0.717) is 5.75 Å². The van der Waals surface area contributed by atoms with Crippen molar-refractivity contribution in [1.29, 1.82) is 0 Å². The summed E-state index contributed by atoms with van der Waals surface area (Å²) < 4.78 is 1.03. The molecule has 1 N–H and O–H groups in total. The first-order valence-electron chi connectivity index (χ1n) is 8.41. The zero-order valence-electron chi connectivity index (χ0n) is 14.6. The van der Waals surface area contributed by atoms with Gasteiger partial charge < -0.3 is 5.32 Å². The lowest BCUT2D eigenvalue weighted by Gasteiger charge is -2.18. The highest BCUT2D eigenvalue weighted by molar-refractivity contribution is 8.00. The van der Waals surface area contributed by atoms with Gasteiger partial charge in [0.2, 0.25) is 5.91 Å². The van der Waals surface area contributed by atoms with E-state index in [-0.39, 0.29) is 11.9 Å². The van der Waals surface area contributed by atoms with E-state index in [9.17, 15) is 4.79 Å². The molecule has 1 aromatic carbocycles. The van der Waals surface area contributed by atoms with Crippen LogP contribution in [0, 0.1) is 6.92 Å². The van der Waals surface area contributed by atoms with Crippen molar-refractivity contribution in [1.82, 2.24) is 15.3 Å². The van der Waals surface area contributed by atoms with Gasteiger partial charge >= 0.3 is 0 Å². The van der Waals surface area contributed by atoms with E-state index in [1.807, 2.05) is 22.9 Å². The number of carbonyl (C=O) groups is 1. The summed E-state index contributed by atoms with van der Waals surface area (Å²) in [5.41, 5.74) is 3.22. The molecule has 1 amide bonds. The number of amides is 1. The number of aryl methyl sites for hydroxylation is 1. The number of nitrogens with one attached hydrogen (secondary N) is 1. The van der Waals surface area contributed by atoms with Crippen LogP contribution >= 0.6 is 34.4 Å². The summed E-state index contributed by atoms with van der Waals surface area (Å²) in [5.74, 6) is 0.305. The SMILES string of the molecule is Cc1ccc(C(NC(=O)CSc2ncnc3ccsc23)c2cccs2)cc1. The predicted molar refractivity (Wildman–Crippen MR) is 114 cm³/mol. The summed E-state index contributed by atoms with van der Waals surface area (Å²) in [4.78, 5) is 22.4. The third-order valence-corrected chi connectivity index (χ3v) is 7.06. The summed E-state index contributed by atoms with van der Waals surface area (Å²) in [6.07, 6.45) is 1.55. The largest absolute Gasteiger partial charge is 0.344 e. The van der Waals surface area contributed by atoms with Crippen molar-refractivity contribution in [3.63, 3.8) is 0 Å². The maximum Gasteiger partial charge on any atom is 0.231 e. The second-order valence-electron chi connectivity index (χ2n) is 6.03. The molecule has 0 aliphatic rings. The minimum absolute atomic E-state index is 0.0118. The number of hydrogen-bond acceptors (Lipinski definition) is 6. The van der Waals surface area contributed by atoms with Crippen LogP contribution in [0.25, 0.3) is 10.2 Å². The van der Waals surface area contributed by atoms with Gasteiger partial charge in [0.1, 0.15) is 11.4 Å². The first-order chi connectivity index (χ1) is 13.2. The van der Waals surface area contributed by atoms with Crippen molar-refractivity contribution in [2.45, 2.75) is 18.0 Å². The Balaban J connectivity index is 1.48. The average Bonchev–Trinajstić information content (AvgIpc) is 3.37. The lowest BCUT2D eigenvalue weighted by molar-refractivity contribution is -0.119.